The van der Waals surface area contributed by atoms with Crippen LogP contribution in [0.5, 0.6) is 0 Å². The maximum atomic E-state index is 4.45. The number of hydrogen-bond acceptors (Lipinski definition) is 3. The number of nitrogens with one attached hydrogen (secondary N) is 1. The van der Waals surface area contributed by atoms with Crippen molar-refractivity contribution < 1.29 is 0 Å². The zero-order chi connectivity index (χ0) is 10.9. The van der Waals surface area contributed by atoms with E-state index in [1.165, 1.54) is 12.0 Å². The van der Waals surface area contributed by atoms with Gasteiger partial charge in [0.15, 0.2) is 0 Å². The second-order valence-corrected chi connectivity index (χ2v) is 5.23. The number of nitrogens with zero attached hydrogens (tertiary/aromatic N) is 2. The van der Waals surface area contributed by atoms with Gasteiger partial charge in [0.1, 0.15) is 5.82 Å². The maximum absolute atomic E-state index is 4.45. The SMILES string of the molecule is CC(C)(C)c1cnc(C2CCCN2)nc1. The van der Waals surface area contributed by atoms with E-state index in [-0.39, 0.29) is 5.41 Å². The van der Waals surface area contributed by atoms with Crippen molar-refractivity contribution in [2.45, 2.75) is 45.1 Å². The molecular weight excluding hydrogens is 186 g/mol. The van der Waals surface area contributed by atoms with E-state index in [2.05, 4.69) is 36.1 Å². The van der Waals surface area contributed by atoms with Crippen molar-refractivity contribution in [3.8, 4) is 0 Å². The van der Waals surface area contributed by atoms with Gasteiger partial charge in [-0.1, -0.05) is 20.8 Å². The highest BCUT2D eigenvalue weighted by molar-refractivity contribution is 5.16. The molecule has 3 heteroatoms. The molecule has 1 aliphatic rings. The van der Waals surface area contributed by atoms with Gasteiger partial charge in [-0.15, -0.1) is 0 Å². The average Bonchev–Trinajstić information content (AvgIpc) is 2.69. The molecule has 0 saturated carbocycles. The van der Waals surface area contributed by atoms with E-state index in [0.717, 1.165) is 18.8 Å². The van der Waals surface area contributed by atoms with Gasteiger partial charge in [0, 0.05) is 12.4 Å². The van der Waals surface area contributed by atoms with Crippen molar-refractivity contribution in [3.63, 3.8) is 0 Å². The summed E-state index contributed by atoms with van der Waals surface area (Å²) in [5.74, 6) is 0.945. The molecule has 1 unspecified atom stereocenters. The third-order valence-corrected chi connectivity index (χ3v) is 2.91. The Labute approximate surface area is 91.3 Å². The lowest BCUT2D eigenvalue weighted by molar-refractivity contribution is 0.567. The number of hydrogen-bond donors (Lipinski definition) is 1. The molecule has 15 heavy (non-hydrogen) atoms. The summed E-state index contributed by atoms with van der Waals surface area (Å²) in [5, 5.41) is 3.41. The second-order valence-electron chi connectivity index (χ2n) is 5.23. The van der Waals surface area contributed by atoms with Crippen LogP contribution >= 0.6 is 0 Å². The van der Waals surface area contributed by atoms with Gasteiger partial charge in [0.25, 0.3) is 0 Å². The van der Waals surface area contributed by atoms with Gasteiger partial charge in [-0.25, -0.2) is 9.97 Å². The Hall–Kier alpha value is -0.960. The lowest BCUT2D eigenvalue weighted by Crippen LogP contribution is -2.18. The lowest BCUT2D eigenvalue weighted by Gasteiger charge is -2.18. The molecule has 2 heterocycles. The average molecular weight is 205 g/mol. The Bertz CT molecular complexity index is 318. The predicted molar refractivity (Wildman–Crippen MR) is 60.7 cm³/mol. The highest BCUT2D eigenvalue weighted by Gasteiger charge is 2.20. The molecule has 0 aromatic carbocycles. The molecule has 0 spiro atoms. The summed E-state index contributed by atoms with van der Waals surface area (Å²) in [6.07, 6.45) is 6.31. The van der Waals surface area contributed by atoms with Crippen LogP contribution in [0.3, 0.4) is 0 Å². The predicted octanol–water partition coefficient (Wildman–Crippen LogP) is 2.20. The molecule has 3 nitrogen and oxygen atoms in total. The summed E-state index contributed by atoms with van der Waals surface area (Å²) in [6.45, 7) is 7.63. The molecule has 82 valence electrons. The zero-order valence-electron chi connectivity index (χ0n) is 9.75. The molecule has 0 bridgehead atoms. The van der Waals surface area contributed by atoms with Crippen LogP contribution in [0.4, 0.5) is 0 Å². The summed E-state index contributed by atoms with van der Waals surface area (Å²) < 4.78 is 0. The van der Waals surface area contributed by atoms with E-state index in [9.17, 15) is 0 Å². The highest BCUT2D eigenvalue weighted by Crippen LogP contribution is 2.23. The normalized spacial score (nSPS) is 21.9. The standard InChI is InChI=1S/C12H19N3/c1-12(2,3)9-7-14-11(15-8-9)10-5-4-6-13-10/h7-8,10,13H,4-6H2,1-3H3. The van der Waals surface area contributed by atoms with Crippen LogP contribution in [0.1, 0.15) is 51.0 Å². The minimum atomic E-state index is 0.141. The van der Waals surface area contributed by atoms with Gasteiger partial charge < -0.3 is 5.32 Å². The van der Waals surface area contributed by atoms with Crippen molar-refractivity contribution in [2.75, 3.05) is 6.54 Å². The molecule has 1 aliphatic heterocycles. The molecule has 1 fully saturated rings. The molecular formula is C12H19N3. The Morgan fingerprint density at radius 1 is 1.27 bits per heavy atom. The molecule has 0 amide bonds. The van der Waals surface area contributed by atoms with Crippen LogP contribution in [0.15, 0.2) is 12.4 Å². The fourth-order valence-electron chi connectivity index (χ4n) is 1.81. The maximum Gasteiger partial charge on any atom is 0.145 e. The van der Waals surface area contributed by atoms with Crippen LogP contribution in [0.25, 0.3) is 0 Å². The molecule has 0 aliphatic carbocycles. The van der Waals surface area contributed by atoms with Crippen molar-refractivity contribution in [3.05, 3.63) is 23.8 Å². The van der Waals surface area contributed by atoms with E-state index < -0.39 is 0 Å². The molecule has 2 rings (SSSR count). The van der Waals surface area contributed by atoms with Crippen LogP contribution in [-0.2, 0) is 5.41 Å². The van der Waals surface area contributed by atoms with Crippen molar-refractivity contribution in [1.29, 1.82) is 0 Å². The third-order valence-electron chi connectivity index (χ3n) is 2.91. The fourth-order valence-corrected chi connectivity index (χ4v) is 1.81. The first-order valence-electron chi connectivity index (χ1n) is 5.63. The largest absolute Gasteiger partial charge is 0.307 e. The molecule has 1 aromatic heterocycles. The van der Waals surface area contributed by atoms with E-state index in [4.69, 9.17) is 0 Å². The quantitative estimate of drug-likeness (QED) is 0.763. The van der Waals surface area contributed by atoms with E-state index in [1.807, 2.05) is 12.4 Å². The fraction of sp³-hybridized carbons (Fsp3) is 0.667. The van der Waals surface area contributed by atoms with Crippen molar-refractivity contribution in [1.82, 2.24) is 15.3 Å². The van der Waals surface area contributed by atoms with Crippen LogP contribution in [0, 0.1) is 0 Å². The topological polar surface area (TPSA) is 37.8 Å². The zero-order valence-corrected chi connectivity index (χ0v) is 9.75. The number of rotatable bonds is 1. The summed E-state index contributed by atoms with van der Waals surface area (Å²) in [7, 11) is 0. The van der Waals surface area contributed by atoms with Gasteiger partial charge in [-0.05, 0) is 30.4 Å². The third kappa shape index (κ3) is 2.34. The first-order chi connectivity index (χ1) is 7.07. The van der Waals surface area contributed by atoms with Gasteiger partial charge in [0.2, 0.25) is 0 Å². The Kier molecular flexibility index (Phi) is 2.74. The lowest BCUT2D eigenvalue weighted by atomic mass is 9.89. The van der Waals surface area contributed by atoms with Crippen molar-refractivity contribution in [2.24, 2.45) is 0 Å². The molecule has 1 N–H and O–H groups in total. The van der Waals surface area contributed by atoms with Gasteiger partial charge >= 0.3 is 0 Å². The monoisotopic (exact) mass is 205 g/mol. The Morgan fingerprint density at radius 2 is 1.93 bits per heavy atom. The molecule has 1 saturated heterocycles. The van der Waals surface area contributed by atoms with Crippen LogP contribution < -0.4 is 5.32 Å². The smallest absolute Gasteiger partial charge is 0.145 e. The molecule has 0 radical (unpaired) electrons. The first kappa shape index (κ1) is 10.6. The minimum absolute atomic E-state index is 0.141. The Balaban J connectivity index is 2.16. The highest BCUT2D eigenvalue weighted by atomic mass is 15.0. The molecule has 1 atom stereocenters. The summed E-state index contributed by atoms with van der Waals surface area (Å²) in [5.41, 5.74) is 1.34. The van der Waals surface area contributed by atoms with E-state index in [1.54, 1.807) is 0 Å². The first-order valence-corrected chi connectivity index (χ1v) is 5.63. The minimum Gasteiger partial charge on any atom is -0.307 e. The second kappa shape index (κ2) is 3.89. The van der Waals surface area contributed by atoms with Crippen molar-refractivity contribution >= 4 is 0 Å². The van der Waals surface area contributed by atoms with Gasteiger partial charge in [-0.2, -0.15) is 0 Å². The van der Waals surface area contributed by atoms with E-state index in [0.29, 0.717) is 6.04 Å². The summed E-state index contributed by atoms with van der Waals surface area (Å²) in [4.78, 5) is 8.91. The van der Waals surface area contributed by atoms with Crippen LogP contribution in [0.2, 0.25) is 0 Å². The Morgan fingerprint density at radius 3 is 2.40 bits per heavy atom. The summed E-state index contributed by atoms with van der Waals surface area (Å²) in [6, 6.07) is 0.374. The number of aromatic nitrogens is 2. The van der Waals surface area contributed by atoms with E-state index >= 15 is 0 Å². The van der Waals surface area contributed by atoms with Gasteiger partial charge in [0.05, 0.1) is 6.04 Å². The molecule has 1 aromatic rings. The van der Waals surface area contributed by atoms with Crippen LogP contribution in [-0.4, -0.2) is 16.5 Å². The van der Waals surface area contributed by atoms with Gasteiger partial charge in [-0.3, -0.25) is 0 Å². The summed E-state index contributed by atoms with van der Waals surface area (Å²) >= 11 is 0.